The maximum absolute atomic E-state index is 9.76. The summed E-state index contributed by atoms with van der Waals surface area (Å²) in [7, 11) is 0. The highest BCUT2D eigenvalue weighted by atomic mass is 16.3. The van der Waals surface area contributed by atoms with Crippen molar-refractivity contribution in [3.8, 4) is 0 Å². The van der Waals surface area contributed by atoms with Crippen LogP contribution in [-0.2, 0) is 12.8 Å². The molecule has 1 N–H and O–H groups in total. The van der Waals surface area contributed by atoms with Crippen LogP contribution >= 0.6 is 0 Å². The summed E-state index contributed by atoms with van der Waals surface area (Å²) in [6.45, 7) is 4.31. The Morgan fingerprint density at radius 2 is 1.67 bits per heavy atom. The van der Waals surface area contributed by atoms with Crippen molar-refractivity contribution < 1.29 is 5.11 Å². The van der Waals surface area contributed by atoms with Crippen LogP contribution in [0, 0.1) is 0 Å². The van der Waals surface area contributed by atoms with Gasteiger partial charge in [0.1, 0.15) is 0 Å². The molecule has 1 aromatic carbocycles. The van der Waals surface area contributed by atoms with Gasteiger partial charge in [-0.2, -0.15) is 0 Å². The van der Waals surface area contributed by atoms with E-state index in [0.29, 0.717) is 0 Å². The summed E-state index contributed by atoms with van der Waals surface area (Å²) >= 11 is 0. The monoisotopic (exact) mass is 206 g/mol. The average Bonchev–Trinajstić information content (AvgIpc) is 2.27. The summed E-state index contributed by atoms with van der Waals surface area (Å²) in [5.74, 6) is 0. The Morgan fingerprint density at radius 3 is 2.20 bits per heavy atom. The summed E-state index contributed by atoms with van der Waals surface area (Å²) in [5.41, 5.74) is 2.61. The van der Waals surface area contributed by atoms with Crippen LogP contribution in [0.4, 0.5) is 0 Å². The molecule has 1 aromatic rings. The Kier molecular flexibility index (Phi) is 5.41. The quantitative estimate of drug-likeness (QED) is 0.757. The molecule has 0 bridgehead atoms. The molecule has 0 saturated heterocycles. The molecule has 1 heteroatoms. The molecule has 1 rings (SSSR count). The normalized spacial score (nSPS) is 12.7. The first-order valence-electron chi connectivity index (χ1n) is 6.02. The average molecular weight is 206 g/mol. The van der Waals surface area contributed by atoms with Gasteiger partial charge >= 0.3 is 0 Å². The molecule has 1 nitrogen and oxygen atoms in total. The van der Waals surface area contributed by atoms with Crippen molar-refractivity contribution in [3.63, 3.8) is 0 Å². The van der Waals surface area contributed by atoms with Gasteiger partial charge in [0.25, 0.3) is 0 Å². The fourth-order valence-electron chi connectivity index (χ4n) is 1.72. The summed E-state index contributed by atoms with van der Waals surface area (Å²) in [6, 6.07) is 8.58. The van der Waals surface area contributed by atoms with E-state index in [-0.39, 0.29) is 6.10 Å². The molecule has 1 atom stereocenters. The van der Waals surface area contributed by atoms with E-state index in [4.69, 9.17) is 0 Å². The van der Waals surface area contributed by atoms with E-state index in [1.165, 1.54) is 11.1 Å². The molecule has 1 unspecified atom stereocenters. The topological polar surface area (TPSA) is 20.2 Å². The SMILES string of the molecule is CCCCC(O)Cc1ccc(CC)cc1. The van der Waals surface area contributed by atoms with Crippen LogP contribution < -0.4 is 0 Å². The number of rotatable bonds is 6. The van der Waals surface area contributed by atoms with Gasteiger partial charge in [-0.15, -0.1) is 0 Å². The predicted molar refractivity (Wildman–Crippen MR) is 65.1 cm³/mol. The lowest BCUT2D eigenvalue weighted by Gasteiger charge is -2.10. The molecule has 0 spiro atoms. The van der Waals surface area contributed by atoms with Crippen molar-refractivity contribution in [2.75, 3.05) is 0 Å². The van der Waals surface area contributed by atoms with Crippen LogP contribution in [0.1, 0.15) is 44.2 Å². The molecular formula is C14H22O. The highest BCUT2D eigenvalue weighted by molar-refractivity contribution is 5.22. The molecule has 84 valence electrons. The Labute approximate surface area is 93.1 Å². The van der Waals surface area contributed by atoms with E-state index in [1.54, 1.807) is 0 Å². The molecule has 0 saturated carbocycles. The molecular weight excluding hydrogens is 184 g/mol. The molecule has 0 aliphatic heterocycles. The first-order chi connectivity index (χ1) is 7.26. The number of hydrogen-bond acceptors (Lipinski definition) is 1. The van der Waals surface area contributed by atoms with Gasteiger partial charge in [-0.25, -0.2) is 0 Å². The van der Waals surface area contributed by atoms with E-state index in [0.717, 1.165) is 32.1 Å². The zero-order valence-electron chi connectivity index (χ0n) is 9.87. The van der Waals surface area contributed by atoms with Gasteiger partial charge in [0.05, 0.1) is 6.10 Å². The van der Waals surface area contributed by atoms with E-state index in [2.05, 4.69) is 38.1 Å². The second-order valence-electron chi connectivity index (χ2n) is 4.17. The minimum atomic E-state index is -0.169. The zero-order valence-corrected chi connectivity index (χ0v) is 9.87. The maximum Gasteiger partial charge on any atom is 0.0580 e. The van der Waals surface area contributed by atoms with Crippen molar-refractivity contribution in [2.45, 2.75) is 52.1 Å². The van der Waals surface area contributed by atoms with Gasteiger partial charge in [0.2, 0.25) is 0 Å². The number of aliphatic hydroxyl groups is 1. The van der Waals surface area contributed by atoms with Gasteiger partial charge in [0.15, 0.2) is 0 Å². The third-order valence-electron chi connectivity index (χ3n) is 2.79. The molecule has 0 amide bonds. The minimum Gasteiger partial charge on any atom is -0.393 e. The van der Waals surface area contributed by atoms with Crippen LogP contribution in [0.3, 0.4) is 0 Å². The van der Waals surface area contributed by atoms with Crippen molar-refractivity contribution in [1.82, 2.24) is 0 Å². The van der Waals surface area contributed by atoms with E-state index >= 15 is 0 Å². The van der Waals surface area contributed by atoms with Gasteiger partial charge < -0.3 is 5.11 Å². The smallest absolute Gasteiger partial charge is 0.0580 e. The fraction of sp³-hybridized carbons (Fsp3) is 0.571. The summed E-state index contributed by atoms with van der Waals surface area (Å²) in [5, 5.41) is 9.76. The third-order valence-corrected chi connectivity index (χ3v) is 2.79. The highest BCUT2D eigenvalue weighted by Crippen LogP contribution is 2.10. The maximum atomic E-state index is 9.76. The Hall–Kier alpha value is -0.820. The van der Waals surface area contributed by atoms with Crippen LogP contribution in [0.5, 0.6) is 0 Å². The summed E-state index contributed by atoms with van der Waals surface area (Å²) in [6.07, 6.45) is 4.91. The molecule has 15 heavy (non-hydrogen) atoms. The summed E-state index contributed by atoms with van der Waals surface area (Å²) in [4.78, 5) is 0. The van der Waals surface area contributed by atoms with Crippen molar-refractivity contribution >= 4 is 0 Å². The Bertz CT molecular complexity index is 263. The molecule has 0 aliphatic rings. The minimum absolute atomic E-state index is 0.169. The molecule has 0 heterocycles. The van der Waals surface area contributed by atoms with Gasteiger partial charge in [-0.05, 0) is 30.4 Å². The first-order valence-corrected chi connectivity index (χ1v) is 6.02. The first kappa shape index (κ1) is 12.3. The van der Waals surface area contributed by atoms with Crippen molar-refractivity contribution in [2.24, 2.45) is 0 Å². The number of aliphatic hydroxyl groups excluding tert-OH is 1. The van der Waals surface area contributed by atoms with E-state index in [9.17, 15) is 5.11 Å². The third kappa shape index (κ3) is 4.48. The standard InChI is InChI=1S/C14H22O/c1-3-5-6-14(15)11-13-9-7-12(4-2)8-10-13/h7-10,14-15H,3-6,11H2,1-2H3. The zero-order chi connectivity index (χ0) is 11.1. The molecule has 0 aliphatic carbocycles. The van der Waals surface area contributed by atoms with Gasteiger partial charge in [0, 0.05) is 0 Å². The number of unbranched alkanes of at least 4 members (excludes halogenated alkanes) is 1. The molecule has 0 radical (unpaired) electrons. The lowest BCUT2D eigenvalue weighted by atomic mass is 10.0. The van der Waals surface area contributed by atoms with Crippen LogP contribution in [0.2, 0.25) is 0 Å². The predicted octanol–water partition coefficient (Wildman–Crippen LogP) is 3.34. The van der Waals surface area contributed by atoms with Crippen LogP contribution in [0.15, 0.2) is 24.3 Å². The van der Waals surface area contributed by atoms with Crippen LogP contribution in [0.25, 0.3) is 0 Å². The fourth-order valence-corrected chi connectivity index (χ4v) is 1.72. The number of hydrogen-bond donors (Lipinski definition) is 1. The number of benzene rings is 1. The van der Waals surface area contributed by atoms with Gasteiger partial charge in [-0.1, -0.05) is 51.0 Å². The van der Waals surface area contributed by atoms with Crippen molar-refractivity contribution in [3.05, 3.63) is 35.4 Å². The van der Waals surface area contributed by atoms with Gasteiger partial charge in [-0.3, -0.25) is 0 Å². The second kappa shape index (κ2) is 6.62. The Morgan fingerprint density at radius 1 is 1.07 bits per heavy atom. The molecule has 0 fully saturated rings. The number of aryl methyl sites for hydroxylation is 1. The largest absolute Gasteiger partial charge is 0.393 e. The summed E-state index contributed by atoms with van der Waals surface area (Å²) < 4.78 is 0. The lowest BCUT2D eigenvalue weighted by molar-refractivity contribution is 0.162. The lowest BCUT2D eigenvalue weighted by Crippen LogP contribution is -2.09. The van der Waals surface area contributed by atoms with E-state index < -0.39 is 0 Å². The Balaban J connectivity index is 2.42. The van der Waals surface area contributed by atoms with E-state index in [1.807, 2.05) is 0 Å². The van der Waals surface area contributed by atoms with Crippen LogP contribution in [-0.4, -0.2) is 11.2 Å². The highest BCUT2D eigenvalue weighted by Gasteiger charge is 2.04. The van der Waals surface area contributed by atoms with Crippen molar-refractivity contribution in [1.29, 1.82) is 0 Å². The second-order valence-corrected chi connectivity index (χ2v) is 4.17. The molecule has 0 aromatic heterocycles.